The van der Waals surface area contributed by atoms with E-state index in [0.717, 1.165) is 16.4 Å². The Labute approximate surface area is 111 Å². The minimum absolute atomic E-state index is 0.0120. The number of hydrogen-bond acceptors (Lipinski definition) is 3. The smallest absolute Gasteiger partial charge is 0.230 e. The highest BCUT2D eigenvalue weighted by Crippen LogP contribution is 2.16. The van der Waals surface area contributed by atoms with Crippen LogP contribution in [-0.2, 0) is 11.3 Å². The van der Waals surface area contributed by atoms with E-state index < -0.39 is 0 Å². The maximum atomic E-state index is 11.6. The Bertz CT molecular complexity index is 508. The third kappa shape index (κ3) is 3.96. The molecule has 0 spiro atoms. The fourth-order valence-electron chi connectivity index (χ4n) is 1.48. The second kappa shape index (κ2) is 6.31. The van der Waals surface area contributed by atoms with Crippen molar-refractivity contribution in [1.29, 1.82) is 0 Å². The molecule has 0 aliphatic carbocycles. The minimum atomic E-state index is 0.0120. The van der Waals surface area contributed by atoms with Crippen LogP contribution in [0.3, 0.4) is 0 Å². The SMILES string of the molecule is Cc1ccc(CNC(=O)CSc2ccccc2)o1. The van der Waals surface area contributed by atoms with Crippen molar-refractivity contribution in [2.45, 2.75) is 18.4 Å². The second-order valence-corrected chi connectivity index (χ2v) is 4.94. The van der Waals surface area contributed by atoms with E-state index in [-0.39, 0.29) is 5.91 Å². The number of carbonyl (C=O) groups excluding carboxylic acids is 1. The summed E-state index contributed by atoms with van der Waals surface area (Å²) in [5.74, 6) is 2.07. The number of rotatable bonds is 5. The van der Waals surface area contributed by atoms with E-state index in [9.17, 15) is 4.79 Å². The molecule has 2 aromatic rings. The van der Waals surface area contributed by atoms with Gasteiger partial charge in [-0.05, 0) is 31.2 Å². The van der Waals surface area contributed by atoms with Gasteiger partial charge >= 0.3 is 0 Å². The van der Waals surface area contributed by atoms with E-state index in [4.69, 9.17) is 4.42 Å². The maximum absolute atomic E-state index is 11.6. The van der Waals surface area contributed by atoms with E-state index in [1.165, 1.54) is 11.8 Å². The Hall–Kier alpha value is -1.68. The molecule has 18 heavy (non-hydrogen) atoms. The third-order valence-corrected chi connectivity index (χ3v) is 3.38. The van der Waals surface area contributed by atoms with E-state index in [1.54, 1.807) is 0 Å². The molecule has 2 rings (SSSR count). The van der Waals surface area contributed by atoms with Crippen LogP contribution in [0.2, 0.25) is 0 Å². The number of hydrogen-bond donors (Lipinski definition) is 1. The Balaban J connectivity index is 1.73. The molecule has 0 radical (unpaired) electrons. The molecule has 0 aliphatic heterocycles. The molecule has 1 amide bonds. The lowest BCUT2D eigenvalue weighted by molar-refractivity contribution is -0.118. The minimum Gasteiger partial charge on any atom is -0.465 e. The molecule has 94 valence electrons. The summed E-state index contributed by atoms with van der Waals surface area (Å²) in [6.45, 7) is 2.33. The molecular weight excluding hydrogens is 246 g/mol. The van der Waals surface area contributed by atoms with Gasteiger partial charge in [0.25, 0.3) is 0 Å². The van der Waals surface area contributed by atoms with Gasteiger partial charge in [0.15, 0.2) is 0 Å². The van der Waals surface area contributed by atoms with Crippen LogP contribution in [0.4, 0.5) is 0 Å². The second-order valence-electron chi connectivity index (χ2n) is 3.89. The Kier molecular flexibility index (Phi) is 4.47. The Morgan fingerprint density at radius 2 is 2.00 bits per heavy atom. The van der Waals surface area contributed by atoms with Crippen LogP contribution in [0, 0.1) is 6.92 Å². The maximum Gasteiger partial charge on any atom is 0.230 e. The first kappa shape index (κ1) is 12.8. The van der Waals surface area contributed by atoms with Crippen LogP contribution in [0.25, 0.3) is 0 Å². The lowest BCUT2D eigenvalue weighted by Crippen LogP contribution is -2.24. The lowest BCUT2D eigenvalue weighted by Gasteiger charge is -2.03. The van der Waals surface area contributed by atoms with E-state index in [1.807, 2.05) is 49.4 Å². The van der Waals surface area contributed by atoms with Gasteiger partial charge in [-0.15, -0.1) is 11.8 Å². The summed E-state index contributed by atoms with van der Waals surface area (Å²) >= 11 is 1.53. The van der Waals surface area contributed by atoms with Gasteiger partial charge in [-0.2, -0.15) is 0 Å². The van der Waals surface area contributed by atoms with Crippen molar-refractivity contribution in [2.24, 2.45) is 0 Å². The van der Waals surface area contributed by atoms with E-state index in [2.05, 4.69) is 5.32 Å². The van der Waals surface area contributed by atoms with Gasteiger partial charge in [0.05, 0.1) is 12.3 Å². The molecule has 1 heterocycles. The first-order chi connectivity index (χ1) is 8.74. The average Bonchev–Trinajstić information content (AvgIpc) is 2.81. The number of amides is 1. The molecule has 0 bridgehead atoms. The molecule has 1 aromatic heterocycles. The first-order valence-electron chi connectivity index (χ1n) is 5.74. The van der Waals surface area contributed by atoms with Crippen LogP contribution < -0.4 is 5.32 Å². The molecule has 0 unspecified atom stereocenters. The standard InChI is InChI=1S/C14H15NO2S/c1-11-7-8-12(17-11)9-15-14(16)10-18-13-5-3-2-4-6-13/h2-8H,9-10H2,1H3,(H,15,16). The number of benzene rings is 1. The van der Waals surface area contributed by atoms with Crippen LogP contribution in [-0.4, -0.2) is 11.7 Å². The molecular formula is C14H15NO2S. The molecule has 4 heteroatoms. The summed E-state index contributed by atoms with van der Waals surface area (Å²) in [7, 11) is 0. The van der Waals surface area contributed by atoms with Gasteiger partial charge in [-0.1, -0.05) is 18.2 Å². The van der Waals surface area contributed by atoms with Gasteiger partial charge in [-0.3, -0.25) is 4.79 Å². The van der Waals surface area contributed by atoms with Crippen molar-refractivity contribution >= 4 is 17.7 Å². The number of carbonyl (C=O) groups is 1. The molecule has 1 N–H and O–H groups in total. The quantitative estimate of drug-likeness (QED) is 0.841. The fourth-order valence-corrected chi connectivity index (χ4v) is 2.23. The van der Waals surface area contributed by atoms with Crippen LogP contribution in [0.5, 0.6) is 0 Å². The number of furan rings is 1. The summed E-state index contributed by atoms with van der Waals surface area (Å²) in [6.07, 6.45) is 0. The zero-order valence-corrected chi connectivity index (χ0v) is 11.0. The fraction of sp³-hybridized carbons (Fsp3) is 0.214. The van der Waals surface area contributed by atoms with Crippen molar-refractivity contribution in [3.05, 3.63) is 54.0 Å². The Morgan fingerprint density at radius 3 is 2.67 bits per heavy atom. The van der Waals surface area contributed by atoms with Crippen LogP contribution in [0.1, 0.15) is 11.5 Å². The topological polar surface area (TPSA) is 42.2 Å². The van der Waals surface area contributed by atoms with Gasteiger partial charge in [0.2, 0.25) is 5.91 Å². The monoisotopic (exact) mass is 261 g/mol. The predicted molar refractivity (Wildman–Crippen MR) is 72.5 cm³/mol. The summed E-state index contributed by atoms with van der Waals surface area (Å²) in [5, 5.41) is 2.83. The number of nitrogens with one attached hydrogen (secondary N) is 1. The van der Waals surface area contributed by atoms with Crippen LogP contribution in [0.15, 0.2) is 51.8 Å². The van der Waals surface area contributed by atoms with Crippen molar-refractivity contribution in [1.82, 2.24) is 5.32 Å². The molecule has 3 nitrogen and oxygen atoms in total. The van der Waals surface area contributed by atoms with Crippen LogP contribution >= 0.6 is 11.8 Å². The molecule has 0 saturated carbocycles. The summed E-state index contributed by atoms with van der Waals surface area (Å²) in [6, 6.07) is 13.6. The third-order valence-electron chi connectivity index (χ3n) is 2.37. The van der Waals surface area contributed by atoms with Crippen molar-refractivity contribution < 1.29 is 9.21 Å². The van der Waals surface area contributed by atoms with Gasteiger partial charge in [0, 0.05) is 4.90 Å². The van der Waals surface area contributed by atoms with E-state index >= 15 is 0 Å². The van der Waals surface area contributed by atoms with Crippen molar-refractivity contribution in [2.75, 3.05) is 5.75 Å². The highest BCUT2D eigenvalue weighted by atomic mass is 32.2. The highest BCUT2D eigenvalue weighted by molar-refractivity contribution is 8.00. The lowest BCUT2D eigenvalue weighted by atomic mass is 10.4. The van der Waals surface area contributed by atoms with Gasteiger partial charge < -0.3 is 9.73 Å². The van der Waals surface area contributed by atoms with E-state index in [0.29, 0.717) is 12.3 Å². The zero-order chi connectivity index (χ0) is 12.8. The number of aryl methyl sites for hydroxylation is 1. The van der Waals surface area contributed by atoms with Crippen molar-refractivity contribution in [3.63, 3.8) is 0 Å². The first-order valence-corrected chi connectivity index (χ1v) is 6.72. The molecule has 0 atom stereocenters. The van der Waals surface area contributed by atoms with Gasteiger partial charge in [0.1, 0.15) is 11.5 Å². The predicted octanol–water partition coefficient (Wildman–Crippen LogP) is 3.00. The highest BCUT2D eigenvalue weighted by Gasteiger charge is 2.04. The van der Waals surface area contributed by atoms with Gasteiger partial charge in [-0.25, -0.2) is 0 Å². The summed E-state index contributed by atoms with van der Waals surface area (Å²) in [4.78, 5) is 12.7. The van der Waals surface area contributed by atoms with Crippen molar-refractivity contribution in [3.8, 4) is 0 Å². The summed E-state index contributed by atoms with van der Waals surface area (Å²) < 4.78 is 5.38. The molecule has 0 saturated heterocycles. The molecule has 0 fully saturated rings. The largest absolute Gasteiger partial charge is 0.465 e. The average molecular weight is 261 g/mol. The normalized spacial score (nSPS) is 10.3. The molecule has 0 aliphatic rings. The number of thioether (sulfide) groups is 1. The Morgan fingerprint density at radius 1 is 1.22 bits per heavy atom. The molecule has 1 aromatic carbocycles. The summed E-state index contributed by atoms with van der Waals surface area (Å²) in [5.41, 5.74) is 0. The zero-order valence-electron chi connectivity index (χ0n) is 10.2.